The van der Waals surface area contributed by atoms with E-state index in [1.165, 1.54) is 0 Å². The molecular weight excluding hydrogens is 224 g/mol. The summed E-state index contributed by atoms with van der Waals surface area (Å²) in [5, 5.41) is 13.9. The smallest absolute Gasteiger partial charge is 0.0689 e. The van der Waals surface area contributed by atoms with Crippen LogP contribution in [0.1, 0.15) is 11.3 Å². The molecule has 1 N–H and O–H groups in total. The van der Waals surface area contributed by atoms with E-state index in [9.17, 15) is 0 Å². The summed E-state index contributed by atoms with van der Waals surface area (Å²) in [5.74, 6) is 0. The highest BCUT2D eigenvalue weighted by Crippen LogP contribution is 2.19. The summed E-state index contributed by atoms with van der Waals surface area (Å²) in [6.45, 7) is 2.13. The Hall–Kier alpha value is -1.32. The molecule has 0 fully saturated rings. The van der Waals surface area contributed by atoms with Gasteiger partial charge in [0, 0.05) is 24.2 Å². The fraction of sp³-hybridized carbons (Fsp3) is 0.250. The largest absolute Gasteiger partial charge is 0.396 e. The highest BCUT2D eigenvalue weighted by Gasteiger charge is 2.04. The third kappa shape index (κ3) is 2.26. The van der Waals surface area contributed by atoms with Crippen molar-refractivity contribution in [2.45, 2.75) is 13.3 Å². The zero-order valence-corrected chi connectivity index (χ0v) is 9.78. The van der Waals surface area contributed by atoms with Gasteiger partial charge >= 0.3 is 0 Å². The van der Waals surface area contributed by atoms with Crippen LogP contribution in [0.2, 0.25) is 5.02 Å². The van der Waals surface area contributed by atoms with Gasteiger partial charge in [-0.2, -0.15) is 5.10 Å². The number of benzene rings is 1. The maximum absolute atomic E-state index is 8.83. The Morgan fingerprint density at radius 1 is 1.38 bits per heavy atom. The summed E-state index contributed by atoms with van der Waals surface area (Å²) >= 11 is 5.95. The Morgan fingerprint density at radius 3 is 2.94 bits per heavy atom. The number of halogens is 1. The second kappa shape index (κ2) is 4.68. The molecule has 3 nitrogen and oxygen atoms in total. The Labute approximate surface area is 99.3 Å². The van der Waals surface area contributed by atoms with Crippen LogP contribution in [-0.4, -0.2) is 21.5 Å². The molecule has 2 aromatic rings. The number of hydrogen-bond acceptors (Lipinski definition) is 2. The van der Waals surface area contributed by atoms with Gasteiger partial charge in [0.25, 0.3) is 0 Å². The van der Waals surface area contributed by atoms with E-state index in [0.29, 0.717) is 11.4 Å². The van der Waals surface area contributed by atoms with Crippen LogP contribution in [0.4, 0.5) is 0 Å². The van der Waals surface area contributed by atoms with Gasteiger partial charge in [-0.25, -0.2) is 4.68 Å². The van der Waals surface area contributed by atoms with E-state index in [4.69, 9.17) is 16.7 Å². The van der Waals surface area contributed by atoms with Gasteiger partial charge in [-0.05, 0) is 30.7 Å². The van der Waals surface area contributed by atoms with E-state index in [0.717, 1.165) is 16.9 Å². The minimum Gasteiger partial charge on any atom is -0.396 e. The lowest BCUT2D eigenvalue weighted by molar-refractivity contribution is 0.298. The molecule has 0 aliphatic rings. The third-order valence-corrected chi connectivity index (χ3v) is 2.67. The lowest BCUT2D eigenvalue weighted by atomic mass is 10.2. The molecule has 1 heterocycles. The van der Waals surface area contributed by atoms with E-state index in [-0.39, 0.29) is 6.61 Å². The number of aryl methyl sites for hydroxylation is 1. The average Bonchev–Trinajstić information content (AvgIpc) is 2.71. The van der Waals surface area contributed by atoms with E-state index in [2.05, 4.69) is 5.10 Å². The number of aromatic nitrogens is 2. The standard InChI is InChI=1S/C12H13ClN2O/c1-9-2-3-10(13)8-12(9)15-6-4-11(14-15)5-7-16/h2-4,6,8,16H,5,7H2,1H3. The van der Waals surface area contributed by atoms with Gasteiger partial charge in [0.2, 0.25) is 0 Å². The normalized spacial score (nSPS) is 10.7. The van der Waals surface area contributed by atoms with Gasteiger partial charge in [-0.1, -0.05) is 17.7 Å². The molecule has 0 radical (unpaired) electrons. The number of nitrogens with zero attached hydrogens (tertiary/aromatic N) is 2. The monoisotopic (exact) mass is 236 g/mol. The Morgan fingerprint density at radius 2 is 2.19 bits per heavy atom. The SMILES string of the molecule is Cc1ccc(Cl)cc1-n1ccc(CCO)n1. The van der Waals surface area contributed by atoms with Crippen LogP contribution in [0.3, 0.4) is 0 Å². The first kappa shape index (κ1) is 11.2. The lowest BCUT2D eigenvalue weighted by Crippen LogP contribution is -1.99. The second-order valence-corrected chi connectivity index (χ2v) is 4.09. The van der Waals surface area contributed by atoms with Crippen molar-refractivity contribution < 1.29 is 5.11 Å². The lowest BCUT2D eigenvalue weighted by Gasteiger charge is -2.05. The fourth-order valence-corrected chi connectivity index (χ4v) is 1.74. The molecule has 0 saturated carbocycles. The van der Waals surface area contributed by atoms with Gasteiger partial charge in [0.05, 0.1) is 11.4 Å². The molecule has 16 heavy (non-hydrogen) atoms. The summed E-state index contributed by atoms with van der Waals surface area (Å²) in [5.41, 5.74) is 2.96. The van der Waals surface area contributed by atoms with Gasteiger partial charge in [0.1, 0.15) is 0 Å². The molecule has 1 aromatic carbocycles. The number of aliphatic hydroxyl groups is 1. The first-order valence-corrected chi connectivity index (χ1v) is 5.50. The minimum atomic E-state index is 0.117. The minimum absolute atomic E-state index is 0.117. The first-order valence-electron chi connectivity index (χ1n) is 5.12. The second-order valence-electron chi connectivity index (χ2n) is 3.66. The predicted octanol–water partition coefficient (Wildman–Crippen LogP) is 2.37. The average molecular weight is 237 g/mol. The van der Waals surface area contributed by atoms with Crippen LogP contribution in [-0.2, 0) is 6.42 Å². The molecule has 1 aromatic heterocycles. The summed E-state index contributed by atoms with van der Waals surface area (Å²) < 4.78 is 1.78. The van der Waals surface area contributed by atoms with Crippen molar-refractivity contribution in [3.63, 3.8) is 0 Å². The van der Waals surface area contributed by atoms with Crippen molar-refractivity contribution in [3.8, 4) is 5.69 Å². The Bertz CT molecular complexity index is 494. The molecule has 0 unspecified atom stereocenters. The van der Waals surface area contributed by atoms with E-state index >= 15 is 0 Å². The quantitative estimate of drug-likeness (QED) is 0.889. The van der Waals surface area contributed by atoms with Crippen LogP contribution in [0.15, 0.2) is 30.5 Å². The topological polar surface area (TPSA) is 38.0 Å². The van der Waals surface area contributed by atoms with Gasteiger partial charge in [0.15, 0.2) is 0 Å². The van der Waals surface area contributed by atoms with Crippen molar-refractivity contribution in [1.29, 1.82) is 0 Å². The summed E-state index contributed by atoms with van der Waals surface area (Å²) in [4.78, 5) is 0. The molecule has 0 spiro atoms. The molecule has 0 aliphatic carbocycles. The molecule has 0 amide bonds. The maximum atomic E-state index is 8.83. The van der Waals surface area contributed by atoms with Gasteiger partial charge in [-0.3, -0.25) is 0 Å². The number of hydrogen-bond donors (Lipinski definition) is 1. The highest BCUT2D eigenvalue weighted by atomic mass is 35.5. The van der Waals surface area contributed by atoms with Crippen molar-refractivity contribution in [1.82, 2.24) is 9.78 Å². The summed E-state index contributed by atoms with van der Waals surface area (Å²) in [6, 6.07) is 7.60. The first-order chi connectivity index (χ1) is 7.70. The molecule has 84 valence electrons. The van der Waals surface area contributed by atoms with E-state index < -0.39 is 0 Å². The summed E-state index contributed by atoms with van der Waals surface area (Å²) in [6.07, 6.45) is 2.45. The fourth-order valence-electron chi connectivity index (χ4n) is 1.57. The van der Waals surface area contributed by atoms with Gasteiger partial charge in [-0.15, -0.1) is 0 Å². The zero-order chi connectivity index (χ0) is 11.5. The Kier molecular flexibility index (Phi) is 3.27. The summed E-state index contributed by atoms with van der Waals surface area (Å²) in [7, 11) is 0. The van der Waals surface area contributed by atoms with Crippen molar-refractivity contribution in [2.75, 3.05) is 6.61 Å². The van der Waals surface area contributed by atoms with Crippen molar-refractivity contribution in [3.05, 3.63) is 46.7 Å². The van der Waals surface area contributed by atoms with Crippen molar-refractivity contribution in [2.24, 2.45) is 0 Å². The molecule has 2 rings (SSSR count). The molecule has 0 aliphatic heterocycles. The predicted molar refractivity (Wildman–Crippen MR) is 64.1 cm³/mol. The van der Waals surface area contributed by atoms with E-state index in [1.54, 1.807) is 4.68 Å². The molecular formula is C12H13ClN2O. The molecule has 0 saturated heterocycles. The number of aliphatic hydroxyl groups excluding tert-OH is 1. The van der Waals surface area contributed by atoms with Crippen LogP contribution < -0.4 is 0 Å². The zero-order valence-electron chi connectivity index (χ0n) is 9.02. The molecule has 0 bridgehead atoms. The van der Waals surface area contributed by atoms with Crippen LogP contribution in [0, 0.1) is 6.92 Å². The highest BCUT2D eigenvalue weighted by molar-refractivity contribution is 6.30. The van der Waals surface area contributed by atoms with Crippen LogP contribution in [0.5, 0.6) is 0 Å². The number of rotatable bonds is 3. The van der Waals surface area contributed by atoms with Crippen molar-refractivity contribution >= 4 is 11.6 Å². The maximum Gasteiger partial charge on any atom is 0.0689 e. The molecule has 4 heteroatoms. The third-order valence-electron chi connectivity index (χ3n) is 2.43. The van der Waals surface area contributed by atoms with Crippen LogP contribution >= 0.6 is 11.6 Å². The van der Waals surface area contributed by atoms with E-state index in [1.807, 2.05) is 37.4 Å². The van der Waals surface area contributed by atoms with Crippen LogP contribution in [0.25, 0.3) is 5.69 Å². The Balaban J connectivity index is 2.38. The molecule has 0 atom stereocenters. The van der Waals surface area contributed by atoms with Gasteiger partial charge < -0.3 is 5.11 Å².